The number of aromatic nitrogens is 1. The first kappa shape index (κ1) is 33.5. The van der Waals surface area contributed by atoms with Gasteiger partial charge in [0.15, 0.2) is 19.0 Å². The molecule has 2 rings (SSSR count). The summed E-state index contributed by atoms with van der Waals surface area (Å²) in [6.07, 6.45) is -4.66. The van der Waals surface area contributed by atoms with Gasteiger partial charge in [-0.3, -0.25) is 9.78 Å². The molecule has 1 aliphatic carbocycles. The fraction of sp³-hybridized carbons (Fsp3) is 0.357. The van der Waals surface area contributed by atoms with Crippen LogP contribution in [0.25, 0.3) is 0 Å². The number of carbonyl (C=O) groups is 1. The molecule has 41 heavy (non-hydrogen) atoms. The van der Waals surface area contributed by atoms with Gasteiger partial charge in [-0.15, -0.1) is 0 Å². The summed E-state index contributed by atoms with van der Waals surface area (Å²) in [6, 6.07) is 1.91. The number of alkyl halides is 8. The van der Waals surface area contributed by atoms with Crippen LogP contribution in [-0.2, 0) is 31.6 Å². The summed E-state index contributed by atoms with van der Waals surface area (Å²) in [4.78, 5) is 16.8. The monoisotopic (exact) mass is 593 g/mol. The Labute approximate surface area is 231 Å². The van der Waals surface area contributed by atoms with E-state index in [-0.39, 0.29) is 58.8 Å². The SMILES string of the molecule is C=CC(F)(F)COC1=CC(OCC(F)(F)F)=C(C)C(C(=C)C(=O)/C(=C\COC)Cc2ccc(C(F)(F)F)nc2)=CC1. The zero-order chi connectivity index (χ0) is 31.0. The standard InChI is InChI=1S/C28H27F8NO4/c1-5-26(29,30)15-40-21-7-8-22(17(2)23(13-21)41-16-27(31,32)33)18(3)25(38)20(10-11-39-4)12-19-6-9-24(37-14-19)28(34,35)36/h5-6,8-10,13-14H,1,3,7,11-12,15-16H2,2,4H3/b20-10-. The third kappa shape index (κ3) is 10.3. The first-order valence-electron chi connectivity index (χ1n) is 11.9. The minimum Gasteiger partial charge on any atom is -0.491 e. The molecule has 1 heterocycles. The normalized spacial score (nSPS) is 15.1. The van der Waals surface area contributed by atoms with Crippen molar-refractivity contribution >= 4 is 5.78 Å². The highest BCUT2D eigenvalue weighted by Crippen LogP contribution is 2.33. The number of methoxy groups -OCH3 is 1. The van der Waals surface area contributed by atoms with Crippen LogP contribution in [0.3, 0.4) is 0 Å². The summed E-state index contributed by atoms with van der Waals surface area (Å²) in [7, 11) is 1.35. The molecule has 0 N–H and O–H groups in total. The van der Waals surface area contributed by atoms with E-state index in [4.69, 9.17) is 14.2 Å². The number of allylic oxidation sites excluding steroid dienone is 6. The fourth-order valence-electron chi connectivity index (χ4n) is 3.47. The predicted octanol–water partition coefficient (Wildman–Crippen LogP) is 7.25. The van der Waals surface area contributed by atoms with Crippen LogP contribution < -0.4 is 0 Å². The molecule has 13 heteroatoms. The highest BCUT2D eigenvalue weighted by atomic mass is 19.4. The second kappa shape index (κ2) is 13.7. The topological polar surface area (TPSA) is 57.7 Å². The van der Waals surface area contributed by atoms with Crippen LogP contribution in [0, 0.1) is 0 Å². The Morgan fingerprint density at radius 3 is 2.29 bits per heavy atom. The summed E-state index contributed by atoms with van der Waals surface area (Å²) in [6.45, 7) is 5.24. The summed E-state index contributed by atoms with van der Waals surface area (Å²) < 4.78 is 120. The predicted molar refractivity (Wildman–Crippen MR) is 134 cm³/mol. The second-order valence-electron chi connectivity index (χ2n) is 8.80. The zero-order valence-corrected chi connectivity index (χ0v) is 22.1. The molecular formula is C28H27F8NO4. The molecule has 0 saturated heterocycles. The van der Waals surface area contributed by atoms with Crippen molar-refractivity contribution in [1.29, 1.82) is 0 Å². The largest absolute Gasteiger partial charge is 0.491 e. The van der Waals surface area contributed by atoms with Crippen molar-refractivity contribution in [2.45, 2.75) is 38.0 Å². The van der Waals surface area contributed by atoms with Gasteiger partial charge < -0.3 is 14.2 Å². The van der Waals surface area contributed by atoms with E-state index in [2.05, 4.69) is 18.1 Å². The average Bonchev–Trinajstić information content (AvgIpc) is 3.05. The molecule has 1 aliphatic rings. The highest BCUT2D eigenvalue weighted by molar-refractivity contribution is 6.11. The van der Waals surface area contributed by atoms with Crippen LogP contribution >= 0.6 is 0 Å². The van der Waals surface area contributed by atoms with Crippen LogP contribution in [-0.4, -0.2) is 49.8 Å². The molecule has 0 amide bonds. The van der Waals surface area contributed by atoms with Gasteiger partial charge in [0.1, 0.15) is 17.2 Å². The minimum atomic E-state index is -4.73. The number of hydrogen-bond acceptors (Lipinski definition) is 5. The maximum Gasteiger partial charge on any atom is 0.433 e. The van der Waals surface area contributed by atoms with E-state index in [1.54, 1.807) is 0 Å². The molecule has 1 aromatic rings. The molecular weight excluding hydrogens is 566 g/mol. The van der Waals surface area contributed by atoms with Crippen LogP contribution in [0.5, 0.6) is 0 Å². The first-order valence-corrected chi connectivity index (χ1v) is 11.9. The average molecular weight is 594 g/mol. The lowest BCUT2D eigenvalue weighted by Gasteiger charge is -2.17. The molecule has 224 valence electrons. The third-order valence-electron chi connectivity index (χ3n) is 5.61. The van der Waals surface area contributed by atoms with E-state index in [0.29, 0.717) is 6.08 Å². The molecule has 0 aliphatic heterocycles. The van der Waals surface area contributed by atoms with Gasteiger partial charge >= 0.3 is 12.4 Å². The molecule has 0 saturated carbocycles. The second-order valence-corrected chi connectivity index (χ2v) is 8.80. The van der Waals surface area contributed by atoms with Crippen molar-refractivity contribution in [2.24, 2.45) is 0 Å². The number of ether oxygens (including phenoxy) is 3. The van der Waals surface area contributed by atoms with Crippen LogP contribution in [0.4, 0.5) is 35.1 Å². The minimum absolute atomic E-state index is 0.0453. The van der Waals surface area contributed by atoms with Crippen molar-refractivity contribution in [2.75, 3.05) is 26.9 Å². The number of halogens is 8. The van der Waals surface area contributed by atoms with Crippen molar-refractivity contribution in [3.8, 4) is 0 Å². The Morgan fingerprint density at radius 2 is 1.76 bits per heavy atom. The van der Waals surface area contributed by atoms with Gasteiger partial charge in [0, 0.05) is 43.4 Å². The number of Topliss-reactive ketones (excluding diaryl/α,β-unsaturated/α-hetero) is 1. The molecule has 0 radical (unpaired) electrons. The fourth-order valence-corrected chi connectivity index (χ4v) is 3.47. The summed E-state index contributed by atoms with van der Waals surface area (Å²) in [5.74, 6) is -4.65. The zero-order valence-electron chi connectivity index (χ0n) is 22.1. The Balaban J connectivity index is 2.41. The van der Waals surface area contributed by atoms with Gasteiger partial charge in [-0.05, 0) is 35.8 Å². The van der Waals surface area contributed by atoms with Crippen molar-refractivity contribution in [3.63, 3.8) is 0 Å². The Hall–Kier alpha value is -3.74. The van der Waals surface area contributed by atoms with Crippen LogP contribution in [0.2, 0.25) is 0 Å². The van der Waals surface area contributed by atoms with Crippen molar-refractivity contribution in [3.05, 3.63) is 101 Å². The number of carbonyl (C=O) groups excluding carboxylic acids is 1. The number of hydrogen-bond donors (Lipinski definition) is 0. The third-order valence-corrected chi connectivity index (χ3v) is 5.61. The molecule has 0 fully saturated rings. The molecule has 0 aromatic carbocycles. The van der Waals surface area contributed by atoms with Gasteiger partial charge in [0.2, 0.25) is 0 Å². The quantitative estimate of drug-likeness (QED) is 0.137. The van der Waals surface area contributed by atoms with E-state index < -0.39 is 43.0 Å². The Bertz CT molecular complexity index is 1250. The van der Waals surface area contributed by atoms with Crippen molar-refractivity contribution < 1.29 is 54.1 Å². The molecule has 1 aromatic heterocycles. The van der Waals surface area contributed by atoms with Crippen LogP contribution in [0.1, 0.15) is 24.6 Å². The van der Waals surface area contributed by atoms with Crippen LogP contribution in [0.15, 0.2) is 89.6 Å². The smallest absolute Gasteiger partial charge is 0.433 e. The lowest BCUT2D eigenvalue weighted by atomic mass is 9.90. The lowest BCUT2D eigenvalue weighted by Crippen LogP contribution is -2.20. The van der Waals surface area contributed by atoms with Gasteiger partial charge in [0.25, 0.3) is 5.92 Å². The van der Waals surface area contributed by atoms with Gasteiger partial charge in [-0.25, -0.2) is 0 Å². The lowest BCUT2D eigenvalue weighted by molar-refractivity contribution is -0.164. The van der Waals surface area contributed by atoms with Gasteiger partial charge in [-0.1, -0.05) is 31.4 Å². The summed E-state index contributed by atoms with van der Waals surface area (Å²) >= 11 is 0. The van der Waals surface area contributed by atoms with E-state index in [9.17, 15) is 39.9 Å². The number of rotatable bonds is 13. The van der Waals surface area contributed by atoms with Gasteiger partial charge in [-0.2, -0.15) is 35.1 Å². The summed E-state index contributed by atoms with van der Waals surface area (Å²) in [5.41, 5.74) is -0.881. The maximum absolute atomic E-state index is 13.6. The Kier molecular flexibility index (Phi) is 11.2. The maximum atomic E-state index is 13.6. The number of pyridine rings is 1. The molecule has 0 bridgehead atoms. The summed E-state index contributed by atoms with van der Waals surface area (Å²) in [5, 5.41) is 0. The number of ketones is 1. The molecule has 0 atom stereocenters. The highest BCUT2D eigenvalue weighted by Gasteiger charge is 2.33. The number of nitrogens with zero attached hydrogens (tertiary/aromatic N) is 1. The Morgan fingerprint density at radius 1 is 1.07 bits per heavy atom. The molecule has 0 unspecified atom stereocenters. The van der Waals surface area contributed by atoms with Gasteiger partial charge in [0.05, 0.1) is 6.61 Å². The van der Waals surface area contributed by atoms with Crippen molar-refractivity contribution in [1.82, 2.24) is 4.98 Å². The molecule has 0 spiro atoms. The van der Waals surface area contributed by atoms with E-state index in [1.165, 1.54) is 26.2 Å². The molecule has 5 nitrogen and oxygen atoms in total. The van der Waals surface area contributed by atoms with E-state index in [1.807, 2.05) is 0 Å². The first-order chi connectivity index (χ1) is 19.0. The van der Waals surface area contributed by atoms with E-state index >= 15 is 0 Å². The van der Waals surface area contributed by atoms with E-state index in [0.717, 1.165) is 24.4 Å².